The van der Waals surface area contributed by atoms with Crippen LogP contribution in [0.4, 0.5) is 15.4 Å². The third kappa shape index (κ3) is 7.59. The highest BCUT2D eigenvalue weighted by atomic mass is 16.6. The van der Waals surface area contributed by atoms with Crippen molar-refractivity contribution in [3.05, 3.63) is 59.8 Å². The molecule has 0 bridgehead atoms. The molecule has 2 aromatic rings. The molecule has 4 N–H and O–H groups in total. The van der Waals surface area contributed by atoms with Gasteiger partial charge in [-0.1, -0.05) is 36.4 Å². The fourth-order valence-corrected chi connectivity index (χ4v) is 2.51. The maximum Gasteiger partial charge on any atom is 0.413 e. The number of carboxylic acids is 1. The Balaban J connectivity index is 2.10. The second-order valence-electron chi connectivity index (χ2n) is 7.53. The zero-order valence-electron chi connectivity index (χ0n) is 17.4. The number of aliphatic hydroxyl groups is 1. The minimum Gasteiger partial charge on any atom is -0.480 e. The predicted octanol–water partition coefficient (Wildman–Crippen LogP) is 2.84. The summed E-state index contributed by atoms with van der Waals surface area (Å²) in [6.07, 6.45) is -2.25. The molecule has 2 amide bonds. The quantitative estimate of drug-likeness (QED) is 0.523. The number of nitrogens with one attached hydrogen (secondary N) is 2. The van der Waals surface area contributed by atoms with Gasteiger partial charge in [0.2, 0.25) is 0 Å². The van der Waals surface area contributed by atoms with Crippen LogP contribution in [-0.4, -0.2) is 45.0 Å². The van der Waals surface area contributed by atoms with Crippen molar-refractivity contribution in [3.8, 4) is 0 Å². The minimum atomic E-state index is -1.76. The molecule has 0 spiro atoms. The number of pyridine rings is 1. The molecule has 166 valence electrons. The van der Waals surface area contributed by atoms with Crippen molar-refractivity contribution < 1.29 is 34.1 Å². The van der Waals surface area contributed by atoms with E-state index in [4.69, 9.17) is 9.47 Å². The van der Waals surface area contributed by atoms with Crippen molar-refractivity contribution in [2.24, 2.45) is 0 Å². The van der Waals surface area contributed by atoms with E-state index in [2.05, 4.69) is 15.6 Å². The van der Waals surface area contributed by atoms with Crippen LogP contribution in [0.1, 0.15) is 38.0 Å². The van der Waals surface area contributed by atoms with Gasteiger partial charge in [0, 0.05) is 11.8 Å². The fourth-order valence-electron chi connectivity index (χ4n) is 2.51. The van der Waals surface area contributed by atoms with Gasteiger partial charge in [-0.05, 0) is 32.4 Å². The highest BCUT2D eigenvalue weighted by molar-refractivity contribution is 5.85. The molecule has 10 heteroatoms. The normalized spacial score (nSPS) is 12.9. The van der Waals surface area contributed by atoms with Crippen LogP contribution in [0.25, 0.3) is 0 Å². The standard InChI is InChI=1S/C21H25N3O7/c1-21(2,3)31-20(29)24-17-14(10-7-11-22-17)16(25)15(18(26)27)23-19(28)30-12-13-8-5-4-6-9-13/h4-11,15-16,25H,12H2,1-3H3,(H,23,28)(H,26,27)(H,22,24,29)/t15-,16+/m1/s1. The van der Waals surface area contributed by atoms with Crippen LogP contribution in [0.3, 0.4) is 0 Å². The van der Waals surface area contributed by atoms with Gasteiger partial charge >= 0.3 is 18.2 Å². The van der Waals surface area contributed by atoms with E-state index < -0.39 is 35.9 Å². The number of carbonyl (C=O) groups excluding carboxylic acids is 2. The first kappa shape index (κ1) is 23.6. The topological polar surface area (TPSA) is 147 Å². The van der Waals surface area contributed by atoms with Crippen LogP contribution in [0.15, 0.2) is 48.7 Å². The molecule has 0 radical (unpaired) electrons. The van der Waals surface area contributed by atoms with E-state index in [0.717, 1.165) is 0 Å². The number of ether oxygens (including phenoxy) is 2. The summed E-state index contributed by atoms with van der Waals surface area (Å²) in [5.74, 6) is -1.61. The number of benzene rings is 1. The highest BCUT2D eigenvalue weighted by Crippen LogP contribution is 2.24. The largest absolute Gasteiger partial charge is 0.480 e. The number of hydrogen-bond acceptors (Lipinski definition) is 7. The third-order valence-electron chi connectivity index (χ3n) is 3.84. The molecular weight excluding hydrogens is 406 g/mol. The molecule has 1 heterocycles. The number of nitrogens with zero attached hydrogens (tertiary/aromatic N) is 1. The summed E-state index contributed by atoms with van der Waals surface area (Å²) in [6.45, 7) is 4.94. The Morgan fingerprint density at radius 2 is 1.74 bits per heavy atom. The van der Waals surface area contributed by atoms with Gasteiger partial charge in [0.05, 0.1) is 0 Å². The molecule has 0 unspecified atom stereocenters. The molecule has 0 saturated heterocycles. The maximum absolute atomic E-state index is 12.1. The lowest BCUT2D eigenvalue weighted by Crippen LogP contribution is -2.45. The van der Waals surface area contributed by atoms with Gasteiger partial charge in [-0.3, -0.25) is 5.32 Å². The molecule has 0 aliphatic carbocycles. The number of hydrogen-bond donors (Lipinski definition) is 4. The van der Waals surface area contributed by atoms with Gasteiger partial charge in [-0.15, -0.1) is 0 Å². The molecule has 1 aromatic heterocycles. The van der Waals surface area contributed by atoms with E-state index >= 15 is 0 Å². The Kier molecular flexibility index (Phi) is 7.92. The molecular formula is C21H25N3O7. The molecule has 0 fully saturated rings. The first-order valence-corrected chi connectivity index (χ1v) is 9.40. The second kappa shape index (κ2) is 10.4. The van der Waals surface area contributed by atoms with Crippen LogP contribution >= 0.6 is 0 Å². The van der Waals surface area contributed by atoms with Crippen LogP contribution in [0.5, 0.6) is 0 Å². The Morgan fingerprint density at radius 3 is 2.35 bits per heavy atom. The Bertz CT molecular complexity index is 913. The zero-order chi connectivity index (χ0) is 23.0. The lowest BCUT2D eigenvalue weighted by molar-refractivity contribution is -0.142. The molecule has 2 atom stereocenters. The number of aliphatic carboxylic acids is 1. The summed E-state index contributed by atoms with van der Waals surface area (Å²) >= 11 is 0. The van der Waals surface area contributed by atoms with E-state index in [-0.39, 0.29) is 18.0 Å². The van der Waals surface area contributed by atoms with E-state index in [9.17, 15) is 24.6 Å². The highest BCUT2D eigenvalue weighted by Gasteiger charge is 2.32. The van der Waals surface area contributed by atoms with E-state index in [1.165, 1.54) is 18.3 Å². The Morgan fingerprint density at radius 1 is 1.06 bits per heavy atom. The Hall–Kier alpha value is -3.66. The number of alkyl carbamates (subject to hydrolysis) is 1. The number of anilines is 1. The van der Waals surface area contributed by atoms with Crippen LogP contribution in [0, 0.1) is 0 Å². The number of carbonyl (C=O) groups is 3. The molecule has 0 aliphatic heterocycles. The van der Waals surface area contributed by atoms with Gasteiger partial charge in [-0.25, -0.2) is 19.4 Å². The van der Waals surface area contributed by atoms with Gasteiger partial charge in [0.1, 0.15) is 24.1 Å². The third-order valence-corrected chi connectivity index (χ3v) is 3.84. The first-order valence-electron chi connectivity index (χ1n) is 9.40. The monoisotopic (exact) mass is 431 g/mol. The van der Waals surface area contributed by atoms with Gasteiger partial charge in [-0.2, -0.15) is 0 Å². The SMILES string of the molecule is CC(C)(C)OC(=O)Nc1ncccc1[C@H](O)[C@@H](NC(=O)OCc1ccccc1)C(=O)O. The summed E-state index contributed by atoms with van der Waals surface area (Å²) in [4.78, 5) is 39.8. The summed E-state index contributed by atoms with van der Waals surface area (Å²) in [5, 5.41) is 24.6. The number of carboxylic acid groups (broad SMARTS) is 1. The molecule has 1 aromatic carbocycles. The summed E-state index contributed by atoms with van der Waals surface area (Å²) < 4.78 is 10.2. The van der Waals surface area contributed by atoms with Crippen molar-refractivity contribution >= 4 is 24.0 Å². The molecule has 0 saturated carbocycles. The number of aliphatic hydroxyl groups excluding tert-OH is 1. The van der Waals surface area contributed by atoms with E-state index in [1.54, 1.807) is 51.1 Å². The van der Waals surface area contributed by atoms with Crippen molar-refractivity contribution in [1.29, 1.82) is 0 Å². The van der Waals surface area contributed by atoms with E-state index in [0.29, 0.717) is 5.56 Å². The van der Waals surface area contributed by atoms with Gasteiger partial charge < -0.3 is 25.0 Å². The first-order chi connectivity index (χ1) is 14.6. The average Bonchev–Trinajstić information content (AvgIpc) is 2.69. The van der Waals surface area contributed by atoms with Crippen LogP contribution in [-0.2, 0) is 20.9 Å². The lowest BCUT2D eigenvalue weighted by Gasteiger charge is -2.23. The predicted molar refractivity (Wildman–Crippen MR) is 110 cm³/mol. The van der Waals surface area contributed by atoms with Crippen molar-refractivity contribution in [2.75, 3.05) is 5.32 Å². The van der Waals surface area contributed by atoms with Crippen molar-refractivity contribution in [2.45, 2.75) is 45.1 Å². The summed E-state index contributed by atoms with van der Waals surface area (Å²) in [7, 11) is 0. The van der Waals surface area contributed by atoms with Gasteiger partial charge in [0.15, 0.2) is 6.04 Å². The Labute approximate surface area is 179 Å². The number of rotatable bonds is 7. The number of aromatic nitrogens is 1. The average molecular weight is 431 g/mol. The van der Waals surface area contributed by atoms with Crippen molar-refractivity contribution in [1.82, 2.24) is 10.3 Å². The van der Waals surface area contributed by atoms with E-state index in [1.807, 2.05) is 0 Å². The molecule has 10 nitrogen and oxygen atoms in total. The molecule has 31 heavy (non-hydrogen) atoms. The lowest BCUT2D eigenvalue weighted by atomic mass is 10.0. The van der Waals surface area contributed by atoms with Crippen LogP contribution < -0.4 is 10.6 Å². The molecule has 0 aliphatic rings. The van der Waals surface area contributed by atoms with Gasteiger partial charge in [0.25, 0.3) is 0 Å². The second-order valence-corrected chi connectivity index (χ2v) is 7.53. The molecule has 2 rings (SSSR count). The van der Waals surface area contributed by atoms with Crippen LogP contribution in [0.2, 0.25) is 0 Å². The van der Waals surface area contributed by atoms with Crippen molar-refractivity contribution in [3.63, 3.8) is 0 Å². The number of amides is 2. The summed E-state index contributed by atoms with van der Waals surface area (Å²) in [5.41, 5.74) is -0.0870. The zero-order valence-corrected chi connectivity index (χ0v) is 17.4. The fraction of sp³-hybridized carbons (Fsp3) is 0.333. The summed E-state index contributed by atoms with van der Waals surface area (Å²) in [6, 6.07) is 9.87. The minimum absolute atomic E-state index is 0.0240. The maximum atomic E-state index is 12.1. The smallest absolute Gasteiger partial charge is 0.413 e.